The van der Waals surface area contributed by atoms with E-state index in [0.717, 1.165) is 36.1 Å². The van der Waals surface area contributed by atoms with Crippen molar-refractivity contribution in [1.82, 2.24) is 9.55 Å². The molecule has 0 atom stereocenters. The maximum absolute atomic E-state index is 11.5. The van der Waals surface area contributed by atoms with Gasteiger partial charge in [0.1, 0.15) is 5.65 Å². The Labute approximate surface area is 119 Å². The predicted molar refractivity (Wildman–Crippen MR) is 82.8 cm³/mol. The van der Waals surface area contributed by atoms with Crippen molar-refractivity contribution >= 4 is 22.6 Å². The van der Waals surface area contributed by atoms with Gasteiger partial charge in [-0.2, -0.15) is 0 Å². The largest absolute Gasteiger partial charge is 0.332 e. The van der Waals surface area contributed by atoms with Gasteiger partial charge in [-0.05, 0) is 38.0 Å². The third-order valence-electron chi connectivity index (χ3n) is 3.25. The van der Waals surface area contributed by atoms with Gasteiger partial charge in [0.2, 0.25) is 5.91 Å². The van der Waals surface area contributed by atoms with E-state index in [-0.39, 0.29) is 5.91 Å². The van der Waals surface area contributed by atoms with Crippen molar-refractivity contribution in [3.63, 3.8) is 0 Å². The minimum atomic E-state index is -0.128. The molecule has 4 nitrogen and oxygen atoms in total. The molecule has 0 bridgehead atoms. The van der Waals surface area contributed by atoms with Crippen LogP contribution in [0.15, 0.2) is 30.6 Å². The average molecular weight is 271 g/mol. The molecule has 2 rings (SSSR count). The highest BCUT2D eigenvalue weighted by Gasteiger charge is 2.08. The fourth-order valence-electron chi connectivity index (χ4n) is 2.24. The van der Waals surface area contributed by atoms with Gasteiger partial charge < -0.3 is 9.88 Å². The molecule has 0 saturated heterocycles. The number of carbonyl (C=O) groups excluding carboxylic acids is 1. The van der Waals surface area contributed by atoms with Crippen LogP contribution in [-0.4, -0.2) is 15.5 Å². The number of allylic oxidation sites excluding steroid dienone is 1. The number of fused-ring (bicyclic) bond motifs is 1. The Kier molecular flexibility index (Phi) is 4.56. The molecule has 0 spiro atoms. The number of hydrogen-bond acceptors (Lipinski definition) is 2. The number of carbonyl (C=O) groups is 1. The maximum atomic E-state index is 11.5. The number of hydrogen-bond donors (Lipinski definition) is 1. The summed E-state index contributed by atoms with van der Waals surface area (Å²) in [6, 6.07) is 1.99. The van der Waals surface area contributed by atoms with Crippen LogP contribution in [0.5, 0.6) is 0 Å². The van der Waals surface area contributed by atoms with Crippen LogP contribution in [0.1, 0.15) is 32.3 Å². The molecule has 0 radical (unpaired) electrons. The molecular formula is C16H21N3O. The monoisotopic (exact) mass is 271 g/mol. The van der Waals surface area contributed by atoms with Crippen molar-refractivity contribution in [2.75, 3.05) is 5.32 Å². The van der Waals surface area contributed by atoms with Crippen molar-refractivity contribution in [2.24, 2.45) is 0 Å². The van der Waals surface area contributed by atoms with Gasteiger partial charge in [0.05, 0.1) is 11.9 Å². The summed E-state index contributed by atoms with van der Waals surface area (Å²) in [5, 5.41) is 3.91. The Morgan fingerprint density at radius 1 is 1.50 bits per heavy atom. The number of anilines is 1. The Hall–Kier alpha value is -2.10. The van der Waals surface area contributed by atoms with Gasteiger partial charge in [-0.1, -0.05) is 19.4 Å². The molecule has 2 heterocycles. The van der Waals surface area contributed by atoms with E-state index in [4.69, 9.17) is 0 Å². The molecule has 0 saturated carbocycles. The van der Waals surface area contributed by atoms with E-state index in [2.05, 4.69) is 34.9 Å². The van der Waals surface area contributed by atoms with Gasteiger partial charge >= 0.3 is 0 Å². The third kappa shape index (κ3) is 3.07. The van der Waals surface area contributed by atoms with Crippen LogP contribution in [0.25, 0.3) is 11.0 Å². The lowest BCUT2D eigenvalue weighted by molar-refractivity contribution is -0.111. The molecule has 20 heavy (non-hydrogen) atoms. The van der Waals surface area contributed by atoms with E-state index in [1.807, 2.05) is 13.0 Å². The topological polar surface area (TPSA) is 46.9 Å². The van der Waals surface area contributed by atoms with E-state index < -0.39 is 0 Å². The molecule has 0 unspecified atom stereocenters. The summed E-state index contributed by atoms with van der Waals surface area (Å²) in [5.41, 5.74) is 2.91. The zero-order valence-electron chi connectivity index (χ0n) is 12.3. The normalized spacial score (nSPS) is 11.3. The fourth-order valence-corrected chi connectivity index (χ4v) is 2.24. The minimum Gasteiger partial charge on any atom is -0.332 e. The van der Waals surface area contributed by atoms with Crippen molar-refractivity contribution < 1.29 is 4.79 Å². The third-order valence-corrected chi connectivity index (χ3v) is 3.25. The standard InChI is InChI=1S/C16H21N3O/c1-4-6-8-19-11-12(3)14-9-13(10-17-16(14)19)18-15(20)7-5-2/h5,7,9-11H,4,6,8H2,1-3H3,(H,18,20)/b7-5+. The van der Waals surface area contributed by atoms with Gasteiger partial charge in [-0.15, -0.1) is 0 Å². The Balaban J connectivity index is 2.30. The highest BCUT2D eigenvalue weighted by atomic mass is 16.1. The molecule has 106 valence electrons. The number of nitrogens with one attached hydrogen (secondary N) is 1. The molecular weight excluding hydrogens is 250 g/mol. The van der Waals surface area contributed by atoms with Crippen LogP contribution in [0, 0.1) is 6.92 Å². The second-order valence-corrected chi connectivity index (χ2v) is 4.94. The first-order chi connectivity index (χ1) is 9.65. The number of rotatable bonds is 5. The van der Waals surface area contributed by atoms with E-state index in [1.165, 1.54) is 11.6 Å². The van der Waals surface area contributed by atoms with E-state index in [1.54, 1.807) is 12.3 Å². The summed E-state index contributed by atoms with van der Waals surface area (Å²) >= 11 is 0. The number of pyridine rings is 1. The van der Waals surface area contributed by atoms with Gasteiger partial charge in [-0.25, -0.2) is 4.98 Å². The second-order valence-electron chi connectivity index (χ2n) is 4.94. The summed E-state index contributed by atoms with van der Waals surface area (Å²) in [7, 11) is 0. The molecule has 2 aromatic rings. The molecule has 0 aliphatic carbocycles. The summed E-state index contributed by atoms with van der Waals surface area (Å²) in [6.07, 6.45) is 9.37. The SMILES string of the molecule is C/C=C/C(=O)Nc1cnc2c(c1)c(C)cn2CCCC. The number of unbranched alkanes of at least 4 members (excludes halogenated alkanes) is 1. The highest BCUT2D eigenvalue weighted by molar-refractivity contribution is 6.00. The molecule has 0 aromatic carbocycles. The summed E-state index contributed by atoms with van der Waals surface area (Å²) in [6.45, 7) is 7.06. The number of amides is 1. The van der Waals surface area contributed by atoms with E-state index in [9.17, 15) is 4.79 Å². The first kappa shape index (κ1) is 14.3. The molecule has 0 fully saturated rings. The van der Waals surface area contributed by atoms with E-state index in [0.29, 0.717) is 0 Å². The van der Waals surface area contributed by atoms with Gasteiger partial charge in [-0.3, -0.25) is 4.79 Å². The Morgan fingerprint density at radius 2 is 2.30 bits per heavy atom. The van der Waals surface area contributed by atoms with E-state index >= 15 is 0 Å². The zero-order chi connectivity index (χ0) is 14.5. The Bertz CT molecular complexity index is 640. The zero-order valence-corrected chi connectivity index (χ0v) is 12.3. The van der Waals surface area contributed by atoms with Crippen molar-refractivity contribution in [3.05, 3.63) is 36.2 Å². The van der Waals surface area contributed by atoms with Crippen LogP contribution in [-0.2, 0) is 11.3 Å². The number of aryl methyl sites for hydroxylation is 2. The summed E-state index contributed by atoms with van der Waals surface area (Å²) in [4.78, 5) is 16.0. The lowest BCUT2D eigenvalue weighted by Gasteiger charge is -2.05. The highest BCUT2D eigenvalue weighted by Crippen LogP contribution is 2.22. The van der Waals surface area contributed by atoms with Gasteiger partial charge in [0.25, 0.3) is 0 Å². The van der Waals surface area contributed by atoms with Gasteiger partial charge in [0.15, 0.2) is 0 Å². The molecule has 2 aromatic heterocycles. The van der Waals surface area contributed by atoms with Gasteiger partial charge in [0, 0.05) is 18.1 Å². The van der Waals surface area contributed by atoms with Crippen molar-refractivity contribution in [2.45, 2.75) is 40.2 Å². The predicted octanol–water partition coefficient (Wildman–Crippen LogP) is 3.66. The number of aromatic nitrogens is 2. The van der Waals surface area contributed by atoms with Crippen molar-refractivity contribution in [1.29, 1.82) is 0 Å². The maximum Gasteiger partial charge on any atom is 0.248 e. The lowest BCUT2D eigenvalue weighted by Crippen LogP contribution is -2.08. The summed E-state index contributed by atoms with van der Waals surface area (Å²) < 4.78 is 2.19. The first-order valence-corrected chi connectivity index (χ1v) is 7.05. The smallest absolute Gasteiger partial charge is 0.248 e. The van der Waals surface area contributed by atoms with Crippen LogP contribution in [0.4, 0.5) is 5.69 Å². The quantitative estimate of drug-likeness (QED) is 0.844. The molecule has 1 N–H and O–H groups in total. The van der Waals surface area contributed by atoms with Crippen LogP contribution < -0.4 is 5.32 Å². The number of nitrogens with zero attached hydrogens (tertiary/aromatic N) is 2. The summed E-state index contributed by atoms with van der Waals surface area (Å²) in [5.74, 6) is -0.128. The molecule has 0 aliphatic heterocycles. The Morgan fingerprint density at radius 3 is 3.00 bits per heavy atom. The molecule has 4 heteroatoms. The molecule has 0 aliphatic rings. The van der Waals surface area contributed by atoms with Crippen LogP contribution in [0.3, 0.4) is 0 Å². The fraction of sp³-hybridized carbons (Fsp3) is 0.375. The van der Waals surface area contributed by atoms with Crippen LogP contribution in [0.2, 0.25) is 0 Å². The minimum absolute atomic E-state index is 0.128. The van der Waals surface area contributed by atoms with Crippen LogP contribution >= 0.6 is 0 Å². The second kappa shape index (κ2) is 6.37. The first-order valence-electron chi connectivity index (χ1n) is 7.05. The lowest BCUT2D eigenvalue weighted by atomic mass is 10.2. The molecule has 1 amide bonds. The van der Waals surface area contributed by atoms with Crippen molar-refractivity contribution in [3.8, 4) is 0 Å². The average Bonchev–Trinajstić information content (AvgIpc) is 2.73.